The Morgan fingerprint density at radius 3 is 2.26 bits per heavy atom. The van der Waals surface area contributed by atoms with Crippen LogP contribution >= 0.6 is 0 Å². The fourth-order valence-corrected chi connectivity index (χ4v) is 5.52. The van der Waals surface area contributed by atoms with Gasteiger partial charge in [0.25, 0.3) is 0 Å². The van der Waals surface area contributed by atoms with Crippen molar-refractivity contribution in [3.05, 3.63) is 77.9 Å². The molecule has 0 atom stereocenters. The Labute approximate surface area is 206 Å². The van der Waals surface area contributed by atoms with E-state index in [0.717, 1.165) is 54.6 Å². The van der Waals surface area contributed by atoms with Crippen LogP contribution < -0.4 is 0 Å². The van der Waals surface area contributed by atoms with E-state index in [1.54, 1.807) is 12.1 Å². The van der Waals surface area contributed by atoms with Crippen molar-refractivity contribution in [2.45, 2.75) is 68.9 Å². The molecular weight excluding hydrogens is 437 g/mol. The van der Waals surface area contributed by atoms with Crippen molar-refractivity contribution in [1.29, 1.82) is 5.26 Å². The molecule has 0 amide bonds. The third-order valence-electron chi connectivity index (χ3n) is 8.24. The van der Waals surface area contributed by atoms with Gasteiger partial charge in [0.15, 0.2) is 0 Å². The van der Waals surface area contributed by atoms with E-state index in [0.29, 0.717) is 18.8 Å². The standard InChI is InChI=1S/C30H32FN3O/c31-26-12-10-25(11-13-26)29(21-32)14-16-30(17-15-29,35-20-23-8-9-23)27-19-34(18-22-6-7-22)28(33-27)24-4-2-1-3-5-24/h1-5,10-13,19,22-23H,6-9,14-18,20H2. The maximum absolute atomic E-state index is 13.6. The topological polar surface area (TPSA) is 50.8 Å². The lowest BCUT2D eigenvalue weighted by Crippen LogP contribution is -2.41. The first-order valence-electron chi connectivity index (χ1n) is 13.0. The summed E-state index contributed by atoms with van der Waals surface area (Å²) in [6, 6.07) is 19.5. The molecular formula is C30H32FN3O. The van der Waals surface area contributed by atoms with Crippen LogP contribution in [0.1, 0.15) is 62.6 Å². The molecule has 35 heavy (non-hydrogen) atoms. The molecule has 3 fully saturated rings. The molecule has 0 radical (unpaired) electrons. The highest BCUT2D eigenvalue weighted by atomic mass is 19.1. The van der Waals surface area contributed by atoms with E-state index < -0.39 is 11.0 Å². The van der Waals surface area contributed by atoms with Crippen LogP contribution in [0.4, 0.5) is 4.39 Å². The summed E-state index contributed by atoms with van der Waals surface area (Å²) >= 11 is 0. The average molecular weight is 470 g/mol. The summed E-state index contributed by atoms with van der Waals surface area (Å²) in [7, 11) is 0. The molecule has 3 aliphatic rings. The van der Waals surface area contributed by atoms with Crippen molar-refractivity contribution in [3.8, 4) is 17.5 Å². The van der Waals surface area contributed by atoms with Crippen LogP contribution in [0, 0.1) is 29.0 Å². The highest BCUT2D eigenvalue weighted by Crippen LogP contribution is 2.50. The first kappa shape index (κ1) is 22.5. The van der Waals surface area contributed by atoms with Gasteiger partial charge in [-0.05, 0) is 80.9 Å². The van der Waals surface area contributed by atoms with Crippen molar-refractivity contribution >= 4 is 0 Å². The van der Waals surface area contributed by atoms with Crippen LogP contribution in [0.5, 0.6) is 0 Å². The lowest BCUT2D eigenvalue weighted by molar-refractivity contribution is -0.0907. The van der Waals surface area contributed by atoms with E-state index in [1.165, 1.54) is 37.8 Å². The first-order valence-corrected chi connectivity index (χ1v) is 13.0. The first-order chi connectivity index (χ1) is 17.1. The zero-order valence-corrected chi connectivity index (χ0v) is 20.1. The second-order valence-corrected chi connectivity index (χ2v) is 10.9. The van der Waals surface area contributed by atoms with Gasteiger partial charge in [0.05, 0.1) is 23.8 Å². The van der Waals surface area contributed by atoms with Crippen molar-refractivity contribution in [2.75, 3.05) is 6.61 Å². The zero-order chi connectivity index (χ0) is 23.9. The van der Waals surface area contributed by atoms with Gasteiger partial charge in [0, 0.05) is 18.3 Å². The van der Waals surface area contributed by atoms with Gasteiger partial charge in [0.1, 0.15) is 17.2 Å². The Morgan fingerprint density at radius 1 is 0.943 bits per heavy atom. The highest BCUT2D eigenvalue weighted by molar-refractivity contribution is 5.56. The molecule has 1 aromatic heterocycles. The van der Waals surface area contributed by atoms with E-state index in [1.807, 2.05) is 6.07 Å². The Hall–Kier alpha value is -2.97. The number of hydrogen-bond acceptors (Lipinski definition) is 3. The fraction of sp³-hybridized carbons (Fsp3) is 0.467. The predicted molar refractivity (Wildman–Crippen MR) is 133 cm³/mol. The number of nitrogens with zero attached hydrogens (tertiary/aromatic N) is 3. The third-order valence-corrected chi connectivity index (χ3v) is 8.24. The summed E-state index contributed by atoms with van der Waals surface area (Å²) < 4.78 is 22.7. The number of rotatable bonds is 8. The smallest absolute Gasteiger partial charge is 0.140 e. The highest BCUT2D eigenvalue weighted by Gasteiger charge is 2.48. The molecule has 0 saturated heterocycles. The van der Waals surface area contributed by atoms with E-state index in [4.69, 9.17) is 9.72 Å². The van der Waals surface area contributed by atoms with Gasteiger partial charge in [-0.1, -0.05) is 42.5 Å². The minimum atomic E-state index is -0.612. The largest absolute Gasteiger partial charge is 0.368 e. The van der Waals surface area contributed by atoms with E-state index in [2.05, 4.69) is 41.1 Å². The summed E-state index contributed by atoms with van der Waals surface area (Å²) in [5.41, 5.74) is 1.94. The summed E-state index contributed by atoms with van der Waals surface area (Å²) in [5.74, 6) is 2.12. The van der Waals surface area contributed by atoms with Crippen molar-refractivity contribution in [3.63, 3.8) is 0 Å². The molecule has 0 spiro atoms. The second kappa shape index (κ2) is 8.91. The molecule has 5 heteroatoms. The molecule has 0 aliphatic heterocycles. The van der Waals surface area contributed by atoms with Gasteiger partial charge >= 0.3 is 0 Å². The van der Waals surface area contributed by atoms with E-state index in [-0.39, 0.29) is 5.82 Å². The van der Waals surface area contributed by atoms with Crippen LogP contribution in [0.25, 0.3) is 11.4 Å². The molecule has 0 bridgehead atoms. The summed E-state index contributed by atoms with van der Waals surface area (Å²) in [4.78, 5) is 5.22. The number of nitriles is 1. The summed E-state index contributed by atoms with van der Waals surface area (Å²) in [6.07, 6.45) is 10.1. The maximum Gasteiger partial charge on any atom is 0.140 e. The van der Waals surface area contributed by atoms with E-state index >= 15 is 0 Å². The van der Waals surface area contributed by atoms with Crippen molar-refractivity contribution < 1.29 is 9.13 Å². The molecule has 3 aromatic rings. The number of imidazole rings is 1. The van der Waals surface area contributed by atoms with Gasteiger partial charge in [-0.25, -0.2) is 9.37 Å². The second-order valence-electron chi connectivity index (χ2n) is 10.9. The van der Waals surface area contributed by atoms with Crippen LogP contribution in [0.3, 0.4) is 0 Å². The quantitative estimate of drug-likeness (QED) is 0.366. The monoisotopic (exact) mass is 469 g/mol. The van der Waals surface area contributed by atoms with Crippen molar-refractivity contribution in [2.24, 2.45) is 11.8 Å². The maximum atomic E-state index is 13.6. The summed E-state index contributed by atoms with van der Waals surface area (Å²) in [5, 5.41) is 10.2. The van der Waals surface area contributed by atoms with Crippen LogP contribution in [-0.4, -0.2) is 16.2 Å². The number of halogens is 1. The van der Waals surface area contributed by atoms with Gasteiger partial charge < -0.3 is 9.30 Å². The Morgan fingerprint density at radius 2 is 1.63 bits per heavy atom. The molecule has 0 unspecified atom stereocenters. The Kier molecular flexibility index (Phi) is 5.73. The molecule has 4 nitrogen and oxygen atoms in total. The van der Waals surface area contributed by atoms with Gasteiger partial charge in [-0.3, -0.25) is 0 Å². The van der Waals surface area contributed by atoms with Crippen LogP contribution in [-0.2, 0) is 22.3 Å². The number of benzene rings is 2. The molecule has 3 aliphatic carbocycles. The molecule has 0 N–H and O–H groups in total. The molecule has 3 saturated carbocycles. The van der Waals surface area contributed by atoms with Crippen molar-refractivity contribution in [1.82, 2.24) is 9.55 Å². The lowest BCUT2D eigenvalue weighted by Gasteiger charge is -2.43. The van der Waals surface area contributed by atoms with Gasteiger partial charge in [0.2, 0.25) is 0 Å². The normalized spacial score (nSPS) is 26.4. The lowest BCUT2D eigenvalue weighted by atomic mass is 9.65. The zero-order valence-electron chi connectivity index (χ0n) is 20.1. The number of aromatic nitrogens is 2. The molecule has 1 heterocycles. The average Bonchev–Trinajstić information content (AvgIpc) is 3.83. The number of ether oxygens (including phenoxy) is 1. The molecule has 2 aromatic carbocycles. The number of hydrogen-bond donors (Lipinski definition) is 0. The molecule has 180 valence electrons. The summed E-state index contributed by atoms with van der Waals surface area (Å²) in [6.45, 7) is 1.75. The van der Waals surface area contributed by atoms with E-state index in [9.17, 15) is 9.65 Å². The minimum Gasteiger partial charge on any atom is -0.368 e. The fourth-order valence-electron chi connectivity index (χ4n) is 5.52. The third kappa shape index (κ3) is 4.52. The minimum absolute atomic E-state index is 0.269. The van der Waals surface area contributed by atoms with Gasteiger partial charge in [-0.15, -0.1) is 0 Å². The predicted octanol–water partition coefficient (Wildman–Crippen LogP) is 6.76. The van der Waals surface area contributed by atoms with Crippen LogP contribution in [0.15, 0.2) is 60.8 Å². The van der Waals surface area contributed by atoms with Crippen LogP contribution in [0.2, 0.25) is 0 Å². The SMILES string of the molecule is N#CC1(c2ccc(F)cc2)CCC(OCC2CC2)(c2cn(CC3CC3)c(-c3ccccc3)n2)CC1. The van der Waals surface area contributed by atoms with Gasteiger partial charge in [-0.2, -0.15) is 5.26 Å². The molecule has 6 rings (SSSR count). The Balaban J connectivity index is 1.34. The Bertz CT molecular complexity index is 1210.